The molecular formula is C25H23ClN2O. The minimum absolute atomic E-state index is 0.0100. The highest BCUT2D eigenvalue weighted by atomic mass is 35.5. The molecule has 0 aromatic heterocycles. The van der Waals surface area contributed by atoms with Gasteiger partial charge in [0.15, 0.2) is 0 Å². The van der Waals surface area contributed by atoms with E-state index >= 15 is 0 Å². The van der Waals surface area contributed by atoms with Crippen molar-refractivity contribution in [1.82, 2.24) is 5.32 Å². The van der Waals surface area contributed by atoms with Gasteiger partial charge in [0.2, 0.25) is 5.91 Å². The maximum atomic E-state index is 12.5. The Morgan fingerprint density at radius 3 is 2.62 bits per heavy atom. The lowest BCUT2D eigenvalue weighted by Gasteiger charge is -2.26. The summed E-state index contributed by atoms with van der Waals surface area (Å²) in [6.45, 7) is 2.93. The average molecular weight is 403 g/mol. The number of nitrogens with one attached hydrogen (secondary N) is 1. The number of hydrogen-bond donors (Lipinski definition) is 1. The zero-order valence-electron chi connectivity index (χ0n) is 16.6. The number of benzene rings is 3. The van der Waals surface area contributed by atoms with Gasteiger partial charge in [-0.2, -0.15) is 0 Å². The smallest absolute Gasteiger partial charge is 0.224 e. The fourth-order valence-electron chi connectivity index (χ4n) is 3.84. The van der Waals surface area contributed by atoms with Gasteiger partial charge in [0.1, 0.15) is 0 Å². The van der Waals surface area contributed by atoms with Crippen LogP contribution in [0.3, 0.4) is 0 Å². The van der Waals surface area contributed by atoms with E-state index in [9.17, 15) is 4.79 Å². The second kappa shape index (κ2) is 8.24. The molecule has 1 N–H and O–H groups in total. The molecule has 146 valence electrons. The number of carbonyl (C=O) groups excluding carboxylic acids is 1. The van der Waals surface area contributed by atoms with E-state index in [1.165, 1.54) is 11.1 Å². The lowest BCUT2D eigenvalue weighted by atomic mass is 9.94. The van der Waals surface area contributed by atoms with Gasteiger partial charge >= 0.3 is 0 Å². The van der Waals surface area contributed by atoms with Crippen LogP contribution in [0.1, 0.15) is 29.2 Å². The van der Waals surface area contributed by atoms with Gasteiger partial charge in [0, 0.05) is 18.5 Å². The van der Waals surface area contributed by atoms with Crippen LogP contribution in [0.4, 0.5) is 5.69 Å². The third-order valence-corrected chi connectivity index (χ3v) is 5.51. The van der Waals surface area contributed by atoms with E-state index in [4.69, 9.17) is 11.6 Å². The van der Waals surface area contributed by atoms with Gasteiger partial charge in [-0.3, -0.25) is 4.79 Å². The lowest BCUT2D eigenvalue weighted by Crippen LogP contribution is -2.29. The predicted octanol–water partition coefficient (Wildman–Crippen LogP) is 5.76. The molecule has 0 radical (unpaired) electrons. The number of hydrogen-bond acceptors (Lipinski definition) is 2. The Balaban J connectivity index is 1.82. The van der Waals surface area contributed by atoms with Crippen LogP contribution in [0.2, 0.25) is 5.02 Å². The molecule has 1 aliphatic rings. The largest absolute Gasteiger partial charge is 0.316 e. The van der Waals surface area contributed by atoms with Crippen LogP contribution in [0.5, 0.6) is 0 Å². The molecule has 3 aromatic rings. The van der Waals surface area contributed by atoms with E-state index in [-0.39, 0.29) is 5.91 Å². The third-order valence-electron chi connectivity index (χ3n) is 5.27. The Morgan fingerprint density at radius 2 is 1.83 bits per heavy atom. The van der Waals surface area contributed by atoms with Gasteiger partial charge < -0.3 is 10.2 Å². The maximum Gasteiger partial charge on any atom is 0.224 e. The average Bonchev–Trinajstić information content (AvgIpc) is 2.70. The van der Waals surface area contributed by atoms with Gasteiger partial charge in [0.25, 0.3) is 0 Å². The molecule has 0 bridgehead atoms. The minimum Gasteiger partial charge on any atom is -0.316 e. The number of anilines is 1. The second-order valence-corrected chi connectivity index (χ2v) is 7.68. The topological polar surface area (TPSA) is 32.3 Å². The van der Waals surface area contributed by atoms with Crippen molar-refractivity contribution in [3.8, 4) is 11.1 Å². The normalized spacial score (nSPS) is 12.7. The highest BCUT2D eigenvalue weighted by Crippen LogP contribution is 2.33. The summed E-state index contributed by atoms with van der Waals surface area (Å²) in [7, 11) is 1.95. The van der Waals surface area contributed by atoms with E-state index in [1.54, 1.807) is 6.92 Å². The number of carbonyl (C=O) groups is 1. The van der Waals surface area contributed by atoms with E-state index in [0.717, 1.165) is 34.5 Å². The summed E-state index contributed by atoms with van der Waals surface area (Å²) < 4.78 is 0. The van der Waals surface area contributed by atoms with Crippen LogP contribution < -0.4 is 10.2 Å². The molecule has 0 fully saturated rings. The Kier molecular flexibility index (Phi) is 5.52. The van der Waals surface area contributed by atoms with E-state index in [2.05, 4.69) is 53.9 Å². The summed E-state index contributed by atoms with van der Waals surface area (Å²) in [5.74, 6) is 0.0100. The third kappa shape index (κ3) is 3.98. The Bertz CT molecular complexity index is 1100. The van der Waals surface area contributed by atoms with Crippen molar-refractivity contribution in [1.29, 1.82) is 0 Å². The standard InChI is InChI=1S/C25H23ClN2O/c1-17(29)28-16-22-13-19(24-6-4-3-5-21(24)15-27-2)9-7-18(22)8-10-20-14-23(26)11-12-25(20)28/h3-14,27H,15-16H2,1-2H3. The highest BCUT2D eigenvalue weighted by molar-refractivity contribution is 6.30. The van der Waals surface area contributed by atoms with Crippen molar-refractivity contribution in [2.75, 3.05) is 11.9 Å². The molecular weight excluding hydrogens is 380 g/mol. The maximum absolute atomic E-state index is 12.5. The first-order chi connectivity index (χ1) is 14.1. The van der Waals surface area contributed by atoms with Crippen molar-refractivity contribution < 1.29 is 4.79 Å². The van der Waals surface area contributed by atoms with Crippen molar-refractivity contribution in [3.63, 3.8) is 0 Å². The van der Waals surface area contributed by atoms with Gasteiger partial charge in [-0.15, -0.1) is 0 Å². The zero-order chi connectivity index (χ0) is 20.4. The monoisotopic (exact) mass is 402 g/mol. The van der Waals surface area contributed by atoms with Crippen LogP contribution >= 0.6 is 11.6 Å². The number of rotatable bonds is 3. The first kappa shape index (κ1) is 19.4. The Morgan fingerprint density at radius 1 is 1.03 bits per heavy atom. The minimum atomic E-state index is 0.0100. The molecule has 4 heteroatoms. The molecule has 0 spiro atoms. The number of nitrogens with zero attached hydrogens (tertiary/aromatic N) is 1. The molecule has 4 rings (SSSR count). The van der Waals surface area contributed by atoms with E-state index in [1.807, 2.05) is 36.2 Å². The van der Waals surface area contributed by atoms with Gasteiger partial charge in [-0.1, -0.05) is 60.2 Å². The van der Waals surface area contributed by atoms with Crippen molar-refractivity contribution in [2.24, 2.45) is 0 Å². The quantitative estimate of drug-likeness (QED) is 0.603. The molecule has 1 heterocycles. The van der Waals surface area contributed by atoms with Crippen LogP contribution in [0, 0.1) is 0 Å². The predicted molar refractivity (Wildman–Crippen MR) is 122 cm³/mol. The fourth-order valence-corrected chi connectivity index (χ4v) is 4.02. The van der Waals surface area contributed by atoms with Crippen molar-refractivity contribution >= 4 is 35.3 Å². The zero-order valence-corrected chi connectivity index (χ0v) is 17.3. The first-order valence-corrected chi connectivity index (χ1v) is 10.1. The molecule has 0 atom stereocenters. The van der Waals surface area contributed by atoms with Crippen LogP contribution in [0.25, 0.3) is 23.3 Å². The molecule has 0 unspecified atom stereocenters. The summed E-state index contributed by atoms with van der Waals surface area (Å²) in [5.41, 5.74) is 7.66. The Labute approximate surface area is 176 Å². The molecule has 1 aliphatic heterocycles. The van der Waals surface area contributed by atoms with Gasteiger partial charge in [-0.05, 0) is 64.7 Å². The number of halogens is 1. The molecule has 0 saturated heterocycles. The van der Waals surface area contributed by atoms with Gasteiger partial charge in [0.05, 0.1) is 12.2 Å². The van der Waals surface area contributed by atoms with Crippen molar-refractivity contribution in [2.45, 2.75) is 20.0 Å². The van der Waals surface area contributed by atoms with E-state index < -0.39 is 0 Å². The second-order valence-electron chi connectivity index (χ2n) is 7.24. The van der Waals surface area contributed by atoms with E-state index in [0.29, 0.717) is 11.6 Å². The van der Waals surface area contributed by atoms with Gasteiger partial charge in [-0.25, -0.2) is 0 Å². The Hall–Kier alpha value is -2.88. The highest BCUT2D eigenvalue weighted by Gasteiger charge is 2.19. The van der Waals surface area contributed by atoms with Crippen LogP contribution in [-0.2, 0) is 17.9 Å². The fraction of sp³-hybridized carbons (Fsp3) is 0.160. The SMILES string of the molecule is CNCc1ccccc1-c1ccc2c(c1)CN(C(C)=O)c1ccc(Cl)cc1C=C2. The summed E-state index contributed by atoms with van der Waals surface area (Å²) in [5, 5.41) is 3.90. The summed E-state index contributed by atoms with van der Waals surface area (Å²) in [6.07, 6.45) is 4.13. The molecule has 1 amide bonds. The van der Waals surface area contributed by atoms with Crippen LogP contribution in [0.15, 0.2) is 60.7 Å². The summed E-state index contributed by atoms with van der Waals surface area (Å²) >= 11 is 6.18. The molecule has 3 aromatic carbocycles. The van der Waals surface area contributed by atoms with Crippen LogP contribution in [-0.4, -0.2) is 13.0 Å². The number of amides is 1. The summed E-state index contributed by atoms with van der Waals surface area (Å²) in [6, 6.07) is 20.5. The molecule has 29 heavy (non-hydrogen) atoms. The summed E-state index contributed by atoms with van der Waals surface area (Å²) in [4.78, 5) is 14.3. The first-order valence-electron chi connectivity index (χ1n) is 9.68. The lowest BCUT2D eigenvalue weighted by molar-refractivity contribution is -0.116. The molecule has 3 nitrogen and oxygen atoms in total. The molecule has 0 saturated carbocycles. The molecule has 0 aliphatic carbocycles. The number of fused-ring (bicyclic) bond motifs is 2. The van der Waals surface area contributed by atoms with Crippen molar-refractivity contribution in [3.05, 3.63) is 87.9 Å².